The first-order valence-electron chi connectivity index (χ1n) is 6.82. The van der Waals surface area contributed by atoms with Gasteiger partial charge >= 0.3 is 0 Å². The molecule has 1 fully saturated rings. The van der Waals surface area contributed by atoms with Crippen LogP contribution in [0.15, 0.2) is 32.7 Å². The first kappa shape index (κ1) is 12.8. The molecule has 0 amide bonds. The summed E-state index contributed by atoms with van der Waals surface area (Å²) in [6.45, 7) is 3.00. The van der Waals surface area contributed by atoms with E-state index in [0.717, 1.165) is 35.8 Å². The van der Waals surface area contributed by atoms with E-state index in [1.165, 1.54) is 0 Å². The van der Waals surface area contributed by atoms with Crippen LogP contribution in [-0.4, -0.2) is 47.3 Å². The normalized spacial score (nSPS) is 19.0. The van der Waals surface area contributed by atoms with Gasteiger partial charge in [-0.25, -0.2) is 15.0 Å². The van der Waals surface area contributed by atoms with Gasteiger partial charge in [-0.05, 0) is 23.7 Å². The molecule has 4 heterocycles. The number of fused-ring (bicyclic) bond motifs is 3. The number of rotatable bonds is 0. The van der Waals surface area contributed by atoms with Gasteiger partial charge in [0.05, 0.1) is 25.0 Å². The maximum atomic E-state index is 6.16. The summed E-state index contributed by atoms with van der Waals surface area (Å²) >= 11 is 6.16. The molecule has 21 heavy (non-hydrogen) atoms. The summed E-state index contributed by atoms with van der Waals surface area (Å²) in [4.78, 5) is 15.2. The summed E-state index contributed by atoms with van der Waals surface area (Å²) in [5.74, 6) is 1.62. The average Bonchev–Trinajstić information content (AvgIpc) is 2.76. The van der Waals surface area contributed by atoms with Gasteiger partial charge in [0.1, 0.15) is 17.3 Å². The Morgan fingerprint density at radius 3 is 2.90 bits per heavy atom. The molecule has 2 aliphatic heterocycles. The summed E-state index contributed by atoms with van der Waals surface area (Å²) in [6.07, 6.45) is 2.26. The third-order valence-electron chi connectivity index (χ3n) is 3.63. The van der Waals surface area contributed by atoms with Gasteiger partial charge in [-0.15, -0.1) is 0 Å². The molecule has 2 aromatic heterocycles. The Kier molecular flexibility index (Phi) is 3.12. The zero-order chi connectivity index (χ0) is 14.2. The van der Waals surface area contributed by atoms with Crippen molar-refractivity contribution in [2.45, 2.75) is 6.42 Å². The lowest BCUT2D eigenvalue weighted by Gasteiger charge is -2.29. The van der Waals surface area contributed by atoms with Gasteiger partial charge in [0.25, 0.3) is 0 Å². The van der Waals surface area contributed by atoms with E-state index in [4.69, 9.17) is 20.8 Å². The van der Waals surface area contributed by atoms with Gasteiger partial charge in [0.2, 0.25) is 11.0 Å². The maximum Gasteiger partial charge on any atom is 0.228 e. The number of amidine groups is 2. The number of ether oxygens (including phenoxy) is 1. The predicted octanol–water partition coefficient (Wildman–Crippen LogP) is 2.34. The molecule has 0 aliphatic carbocycles. The van der Waals surface area contributed by atoms with E-state index < -0.39 is 0 Å². The molecule has 0 saturated carbocycles. The number of aliphatic imine (C=N–C) groups is 2. The third-order valence-corrected chi connectivity index (χ3v) is 3.80. The summed E-state index contributed by atoms with van der Waals surface area (Å²) in [7, 11) is 0. The Balaban J connectivity index is 1.77. The van der Waals surface area contributed by atoms with Crippen LogP contribution >= 0.6 is 11.6 Å². The first-order chi connectivity index (χ1) is 10.3. The molecule has 0 bridgehead atoms. The van der Waals surface area contributed by atoms with E-state index in [0.29, 0.717) is 25.3 Å². The zero-order valence-corrected chi connectivity index (χ0v) is 12.0. The van der Waals surface area contributed by atoms with Crippen LogP contribution in [0, 0.1) is 0 Å². The fourth-order valence-electron chi connectivity index (χ4n) is 2.62. The number of furan rings is 1. The molecule has 2 aromatic rings. The molecule has 1 saturated heterocycles. The molecule has 0 aromatic carbocycles. The van der Waals surface area contributed by atoms with E-state index in [1.54, 1.807) is 6.20 Å². The maximum absolute atomic E-state index is 6.16. The predicted molar refractivity (Wildman–Crippen MR) is 80.5 cm³/mol. The van der Waals surface area contributed by atoms with Crippen LogP contribution in [0.3, 0.4) is 0 Å². The smallest absolute Gasteiger partial charge is 0.228 e. The van der Waals surface area contributed by atoms with Crippen molar-refractivity contribution in [2.75, 3.05) is 26.3 Å². The second-order valence-corrected chi connectivity index (χ2v) is 5.25. The van der Waals surface area contributed by atoms with Gasteiger partial charge in [-0.3, -0.25) is 0 Å². The van der Waals surface area contributed by atoms with E-state index >= 15 is 0 Å². The summed E-state index contributed by atoms with van der Waals surface area (Å²) in [5, 5.41) is 1.09. The van der Waals surface area contributed by atoms with Gasteiger partial charge in [-0.2, -0.15) is 0 Å². The molecule has 0 unspecified atom stereocenters. The van der Waals surface area contributed by atoms with Crippen LogP contribution in [-0.2, 0) is 11.2 Å². The van der Waals surface area contributed by atoms with Crippen molar-refractivity contribution >= 4 is 39.5 Å². The molecule has 7 heteroatoms. The Morgan fingerprint density at radius 1 is 1.19 bits per heavy atom. The number of nitrogens with zero attached hydrogens (tertiary/aromatic N) is 4. The van der Waals surface area contributed by atoms with Crippen LogP contribution in [0.2, 0.25) is 0 Å². The molecule has 0 radical (unpaired) electrons. The van der Waals surface area contributed by atoms with Gasteiger partial charge < -0.3 is 14.1 Å². The Labute approximate surface area is 126 Å². The number of morpholine rings is 1. The lowest BCUT2D eigenvalue weighted by molar-refractivity contribution is 0.0673. The highest BCUT2D eigenvalue weighted by Crippen LogP contribution is 2.34. The van der Waals surface area contributed by atoms with Crippen LogP contribution in [0.1, 0.15) is 5.76 Å². The highest BCUT2D eigenvalue weighted by molar-refractivity contribution is 6.66. The van der Waals surface area contributed by atoms with Crippen molar-refractivity contribution in [1.29, 1.82) is 0 Å². The van der Waals surface area contributed by atoms with Crippen LogP contribution in [0.4, 0.5) is 5.69 Å². The number of hydrogen-bond donors (Lipinski definition) is 0. The molecular formula is C14H13ClN4O2. The zero-order valence-electron chi connectivity index (χ0n) is 11.3. The monoisotopic (exact) mass is 304 g/mol. The fourth-order valence-corrected chi connectivity index (χ4v) is 2.80. The summed E-state index contributed by atoms with van der Waals surface area (Å²) < 4.78 is 11.2. The molecule has 4 rings (SSSR count). The second kappa shape index (κ2) is 5.13. The summed E-state index contributed by atoms with van der Waals surface area (Å²) in [6, 6.07) is 3.79. The fraction of sp³-hybridized carbons (Fsp3) is 0.357. The molecule has 2 aliphatic rings. The standard InChI is InChI=1S/C14H13ClN4O2/c15-14-17-11(19-4-6-20-7-5-19)8-10-12(18-14)9-2-1-3-16-13(9)21-10/h1-3H,4-8H2. The molecule has 0 spiro atoms. The number of pyridine rings is 1. The van der Waals surface area contributed by atoms with Crippen molar-refractivity contribution in [2.24, 2.45) is 9.98 Å². The quantitative estimate of drug-likeness (QED) is 0.701. The summed E-state index contributed by atoms with van der Waals surface area (Å²) in [5.41, 5.74) is 1.31. The van der Waals surface area contributed by atoms with Gasteiger partial charge in [-0.1, -0.05) is 0 Å². The SMILES string of the molecule is ClC1=Nc2c(oc3ncccc23)CC(N2CCOCC2)=N1. The van der Waals surface area contributed by atoms with E-state index in [1.807, 2.05) is 12.1 Å². The van der Waals surface area contributed by atoms with Gasteiger partial charge in [0, 0.05) is 19.3 Å². The minimum Gasteiger partial charge on any atom is -0.440 e. The van der Waals surface area contributed by atoms with Crippen molar-refractivity contribution < 1.29 is 9.15 Å². The first-order valence-corrected chi connectivity index (χ1v) is 7.20. The highest BCUT2D eigenvalue weighted by Gasteiger charge is 2.24. The Morgan fingerprint density at radius 2 is 2.05 bits per heavy atom. The topological polar surface area (TPSA) is 63.2 Å². The van der Waals surface area contributed by atoms with Crippen molar-refractivity contribution in [3.05, 3.63) is 24.1 Å². The molecule has 108 valence electrons. The molecule has 6 nitrogen and oxygen atoms in total. The van der Waals surface area contributed by atoms with E-state index in [-0.39, 0.29) is 5.29 Å². The lowest BCUT2D eigenvalue weighted by atomic mass is 10.2. The number of halogens is 1. The second-order valence-electron chi connectivity index (χ2n) is 4.92. The van der Waals surface area contributed by atoms with E-state index in [2.05, 4.69) is 19.9 Å². The minimum atomic E-state index is 0.224. The van der Waals surface area contributed by atoms with Crippen molar-refractivity contribution in [3.8, 4) is 0 Å². The number of aromatic nitrogens is 1. The van der Waals surface area contributed by atoms with E-state index in [9.17, 15) is 0 Å². The Hall–Kier alpha value is -1.92. The van der Waals surface area contributed by atoms with Crippen molar-refractivity contribution in [1.82, 2.24) is 9.88 Å². The highest BCUT2D eigenvalue weighted by atomic mass is 35.5. The number of hydrogen-bond acceptors (Lipinski definition) is 6. The molecule has 0 atom stereocenters. The third kappa shape index (κ3) is 2.30. The van der Waals surface area contributed by atoms with Crippen molar-refractivity contribution in [3.63, 3.8) is 0 Å². The average molecular weight is 305 g/mol. The van der Waals surface area contributed by atoms with Crippen LogP contribution in [0.25, 0.3) is 11.1 Å². The van der Waals surface area contributed by atoms with Crippen LogP contribution < -0.4 is 0 Å². The molecular weight excluding hydrogens is 292 g/mol. The Bertz CT molecular complexity index is 747. The minimum absolute atomic E-state index is 0.224. The van der Waals surface area contributed by atoms with Gasteiger partial charge in [0.15, 0.2) is 0 Å². The molecule has 0 N–H and O–H groups in total. The lowest BCUT2D eigenvalue weighted by Crippen LogP contribution is -2.41. The van der Waals surface area contributed by atoms with Crippen LogP contribution in [0.5, 0.6) is 0 Å². The largest absolute Gasteiger partial charge is 0.440 e.